The second kappa shape index (κ2) is 5.13. The van der Waals surface area contributed by atoms with Crippen molar-refractivity contribution in [2.45, 2.75) is 58.4 Å². The van der Waals surface area contributed by atoms with Crippen LogP contribution in [0.15, 0.2) is 0 Å². The van der Waals surface area contributed by atoms with Gasteiger partial charge in [0, 0.05) is 6.04 Å². The summed E-state index contributed by atoms with van der Waals surface area (Å²) in [6, 6.07) is 0.967. The van der Waals surface area contributed by atoms with Crippen LogP contribution in [-0.2, 0) is 0 Å². The molecule has 18 heavy (non-hydrogen) atoms. The highest BCUT2D eigenvalue weighted by atomic mass is 15.2. The average molecular weight is 250 g/mol. The molecule has 3 fully saturated rings. The molecule has 1 unspecified atom stereocenters. The summed E-state index contributed by atoms with van der Waals surface area (Å²) in [6.07, 6.45) is 8.78. The minimum atomic E-state index is 0.755. The highest BCUT2D eigenvalue weighted by molar-refractivity contribution is 5.11. The van der Waals surface area contributed by atoms with Gasteiger partial charge in [-0.3, -0.25) is 4.90 Å². The Hall–Kier alpha value is -0.0800. The summed E-state index contributed by atoms with van der Waals surface area (Å²) in [5.74, 6) is 1.03. The highest BCUT2D eigenvalue weighted by Crippen LogP contribution is 2.57. The molecule has 1 spiro atoms. The summed E-state index contributed by atoms with van der Waals surface area (Å²) in [5.41, 5.74) is 0.755. The Morgan fingerprint density at radius 3 is 2.22 bits per heavy atom. The standard InChI is InChI=1S/C16H30N2/c1-3-14-5-9-18(10-6-14)15-13-16(15)7-11-17(4-2)12-8-16/h14-15H,3-13H2,1-2H3. The maximum Gasteiger partial charge on any atom is 0.0159 e. The summed E-state index contributed by atoms with van der Waals surface area (Å²) in [4.78, 5) is 5.47. The third-order valence-electron chi connectivity index (χ3n) is 6.11. The molecular weight excluding hydrogens is 220 g/mol. The number of hydrogen-bond donors (Lipinski definition) is 0. The van der Waals surface area contributed by atoms with Crippen molar-refractivity contribution in [3.05, 3.63) is 0 Å². The Balaban J connectivity index is 1.49. The molecule has 2 heterocycles. The molecule has 2 heteroatoms. The Labute approximate surface area is 113 Å². The van der Waals surface area contributed by atoms with E-state index in [1.165, 1.54) is 71.2 Å². The quantitative estimate of drug-likeness (QED) is 0.760. The van der Waals surface area contributed by atoms with Crippen molar-refractivity contribution in [3.8, 4) is 0 Å². The molecule has 1 aliphatic carbocycles. The zero-order valence-corrected chi connectivity index (χ0v) is 12.3. The predicted molar refractivity (Wildman–Crippen MR) is 76.8 cm³/mol. The summed E-state index contributed by atoms with van der Waals surface area (Å²) in [5, 5.41) is 0. The van der Waals surface area contributed by atoms with Gasteiger partial charge in [-0.1, -0.05) is 20.3 Å². The lowest BCUT2D eigenvalue weighted by Crippen LogP contribution is -2.41. The molecule has 2 nitrogen and oxygen atoms in total. The van der Waals surface area contributed by atoms with E-state index < -0.39 is 0 Å². The first-order valence-electron chi connectivity index (χ1n) is 8.24. The van der Waals surface area contributed by atoms with Crippen LogP contribution in [0, 0.1) is 11.3 Å². The molecule has 1 saturated carbocycles. The van der Waals surface area contributed by atoms with E-state index in [4.69, 9.17) is 0 Å². The van der Waals surface area contributed by atoms with Gasteiger partial charge in [0.2, 0.25) is 0 Å². The molecule has 104 valence electrons. The fourth-order valence-corrected chi connectivity index (χ4v) is 4.37. The topological polar surface area (TPSA) is 6.48 Å². The van der Waals surface area contributed by atoms with Crippen molar-refractivity contribution in [1.29, 1.82) is 0 Å². The summed E-state index contributed by atoms with van der Waals surface area (Å²) in [6.45, 7) is 11.4. The second-order valence-electron chi connectivity index (χ2n) is 6.90. The molecule has 0 aromatic carbocycles. The van der Waals surface area contributed by atoms with Gasteiger partial charge in [-0.2, -0.15) is 0 Å². The van der Waals surface area contributed by atoms with Gasteiger partial charge in [0.25, 0.3) is 0 Å². The Kier molecular flexibility index (Phi) is 3.68. The molecule has 3 aliphatic rings. The largest absolute Gasteiger partial charge is 0.304 e. The highest BCUT2D eigenvalue weighted by Gasteiger charge is 2.57. The molecule has 0 amide bonds. The van der Waals surface area contributed by atoms with Crippen LogP contribution in [0.1, 0.15) is 52.4 Å². The number of nitrogens with zero attached hydrogens (tertiary/aromatic N) is 2. The van der Waals surface area contributed by atoms with Gasteiger partial charge in [-0.15, -0.1) is 0 Å². The predicted octanol–water partition coefficient (Wildman–Crippen LogP) is 2.98. The van der Waals surface area contributed by atoms with Crippen LogP contribution in [0.4, 0.5) is 0 Å². The molecule has 1 atom stereocenters. The van der Waals surface area contributed by atoms with E-state index >= 15 is 0 Å². The molecule has 3 rings (SSSR count). The van der Waals surface area contributed by atoms with Crippen molar-refractivity contribution in [1.82, 2.24) is 9.80 Å². The minimum Gasteiger partial charge on any atom is -0.304 e. The van der Waals surface area contributed by atoms with Crippen molar-refractivity contribution < 1.29 is 0 Å². The smallest absolute Gasteiger partial charge is 0.0159 e. The van der Waals surface area contributed by atoms with Crippen LogP contribution in [0.25, 0.3) is 0 Å². The molecule has 2 saturated heterocycles. The van der Waals surface area contributed by atoms with E-state index in [9.17, 15) is 0 Å². The summed E-state index contributed by atoms with van der Waals surface area (Å²) < 4.78 is 0. The van der Waals surface area contributed by atoms with Crippen molar-refractivity contribution in [3.63, 3.8) is 0 Å². The van der Waals surface area contributed by atoms with Gasteiger partial charge in [0.15, 0.2) is 0 Å². The number of likely N-dealkylation sites (tertiary alicyclic amines) is 2. The molecule has 2 aliphatic heterocycles. The maximum absolute atomic E-state index is 2.84. The van der Waals surface area contributed by atoms with Gasteiger partial charge in [-0.05, 0) is 76.2 Å². The van der Waals surface area contributed by atoms with Gasteiger partial charge < -0.3 is 4.90 Å². The van der Waals surface area contributed by atoms with Gasteiger partial charge >= 0.3 is 0 Å². The molecular formula is C16H30N2. The van der Waals surface area contributed by atoms with Crippen molar-refractivity contribution in [2.24, 2.45) is 11.3 Å². The zero-order chi connectivity index (χ0) is 12.6. The average Bonchev–Trinajstić information content (AvgIpc) is 3.14. The van der Waals surface area contributed by atoms with E-state index in [2.05, 4.69) is 23.6 Å². The van der Waals surface area contributed by atoms with Gasteiger partial charge in [0.05, 0.1) is 0 Å². The zero-order valence-electron chi connectivity index (χ0n) is 12.3. The molecule has 0 radical (unpaired) electrons. The lowest BCUT2D eigenvalue weighted by molar-refractivity contribution is 0.117. The van der Waals surface area contributed by atoms with Crippen LogP contribution in [0.2, 0.25) is 0 Å². The molecule has 0 aromatic heterocycles. The van der Waals surface area contributed by atoms with Gasteiger partial charge in [-0.25, -0.2) is 0 Å². The van der Waals surface area contributed by atoms with Gasteiger partial charge in [0.1, 0.15) is 0 Å². The second-order valence-corrected chi connectivity index (χ2v) is 6.90. The van der Waals surface area contributed by atoms with Crippen LogP contribution in [-0.4, -0.2) is 48.6 Å². The molecule has 0 bridgehead atoms. The van der Waals surface area contributed by atoms with E-state index in [0.29, 0.717) is 0 Å². The fourth-order valence-electron chi connectivity index (χ4n) is 4.37. The van der Waals surface area contributed by atoms with Crippen LogP contribution in [0.3, 0.4) is 0 Å². The Morgan fingerprint density at radius 2 is 1.67 bits per heavy atom. The molecule has 0 N–H and O–H groups in total. The first-order valence-corrected chi connectivity index (χ1v) is 8.24. The number of rotatable bonds is 3. The Bertz CT molecular complexity index is 273. The van der Waals surface area contributed by atoms with Crippen LogP contribution < -0.4 is 0 Å². The van der Waals surface area contributed by atoms with E-state index in [0.717, 1.165) is 17.4 Å². The first-order chi connectivity index (χ1) is 8.77. The van der Waals surface area contributed by atoms with Crippen LogP contribution in [0.5, 0.6) is 0 Å². The fraction of sp³-hybridized carbons (Fsp3) is 1.00. The lowest BCUT2D eigenvalue weighted by Gasteiger charge is -2.37. The first kappa shape index (κ1) is 12.9. The Morgan fingerprint density at radius 1 is 1.00 bits per heavy atom. The van der Waals surface area contributed by atoms with Crippen molar-refractivity contribution >= 4 is 0 Å². The number of piperidine rings is 2. The number of hydrogen-bond acceptors (Lipinski definition) is 2. The third kappa shape index (κ3) is 2.34. The van der Waals surface area contributed by atoms with E-state index in [1.54, 1.807) is 0 Å². The minimum absolute atomic E-state index is 0.755. The molecule has 0 aromatic rings. The van der Waals surface area contributed by atoms with Crippen molar-refractivity contribution in [2.75, 3.05) is 32.7 Å². The monoisotopic (exact) mass is 250 g/mol. The van der Waals surface area contributed by atoms with E-state index in [-0.39, 0.29) is 0 Å². The lowest BCUT2D eigenvalue weighted by atomic mass is 9.90. The third-order valence-corrected chi connectivity index (χ3v) is 6.11. The van der Waals surface area contributed by atoms with Crippen LogP contribution >= 0.6 is 0 Å². The normalized spacial score (nSPS) is 34.0. The summed E-state index contributed by atoms with van der Waals surface area (Å²) in [7, 11) is 0. The summed E-state index contributed by atoms with van der Waals surface area (Å²) >= 11 is 0. The SMILES string of the molecule is CCC1CCN(C2CC23CCN(CC)CC3)CC1. The maximum atomic E-state index is 2.84. The van der Waals surface area contributed by atoms with E-state index in [1.807, 2.05) is 0 Å².